The summed E-state index contributed by atoms with van der Waals surface area (Å²) in [5, 5.41) is 2.80. The highest BCUT2D eigenvalue weighted by molar-refractivity contribution is 7.89. The number of rotatable bonds is 3. The minimum atomic E-state index is -3.57. The molecule has 2 aromatic carbocycles. The van der Waals surface area contributed by atoms with Gasteiger partial charge in [0, 0.05) is 18.8 Å². The van der Waals surface area contributed by atoms with E-state index in [9.17, 15) is 13.2 Å². The quantitative estimate of drug-likeness (QED) is 0.884. The number of carbonyl (C=O) groups is 1. The van der Waals surface area contributed by atoms with Gasteiger partial charge in [-0.05, 0) is 49.2 Å². The summed E-state index contributed by atoms with van der Waals surface area (Å²) < 4.78 is 26.4. The Morgan fingerprint density at radius 2 is 1.84 bits per heavy atom. The lowest BCUT2D eigenvalue weighted by atomic mass is 10.0. The minimum absolute atomic E-state index is 0.164. The zero-order chi connectivity index (χ0) is 18.0. The van der Waals surface area contributed by atoms with Crippen LogP contribution in [0.25, 0.3) is 0 Å². The fraction of sp³-hybridized carbons (Fsp3) is 0.278. The smallest absolute Gasteiger partial charge is 0.320 e. The third-order valence-electron chi connectivity index (χ3n) is 4.42. The maximum absolute atomic E-state index is 12.5. The van der Waals surface area contributed by atoms with Crippen molar-refractivity contribution in [1.82, 2.24) is 9.62 Å². The summed E-state index contributed by atoms with van der Waals surface area (Å²) in [4.78, 5) is 14.4. The Hall–Kier alpha value is -2.38. The van der Waals surface area contributed by atoms with E-state index in [1.165, 1.54) is 18.7 Å². The minimum Gasteiger partial charge on any atom is -0.320 e. The Labute approximate surface area is 147 Å². The molecule has 0 saturated heterocycles. The van der Waals surface area contributed by atoms with Gasteiger partial charge >= 0.3 is 6.03 Å². The van der Waals surface area contributed by atoms with Gasteiger partial charge in [0.05, 0.1) is 4.90 Å². The highest BCUT2D eigenvalue weighted by Crippen LogP contribution is 2.22. The van der Waals surface area contributed by atoms with Crippen molar-refractivity contribution < 1.29 is 13.2 Å². The summed E-state index contributed by atoms with van der Waals surface area (Å²) >= 11 is 0. The lowest BCUT2D eigenvalue weighted by molar-refractivity contribution is 0.206. The van der Waals surface area contributed by atoms with Gasteiger partial charge in [-0.1, -0.05) is 30.3 Å². The average Bonchev–Trinajstić information content (AvgIpc) is 2.62. The molecule has 0 aromatic heterocycles. The molecule has 0 bridgehead atoms. The molecule has 1 aliphatic heterocycles. The molecule has 2 aromatic rings. The van der Waals surface area contributed by atoms with Crippen LogP contribution in [0.15, 0.2) is 47.4 Å². The van der Waals surface area contributed by atoms with E-state index in [-0.39, 0.29) is 10.9 Å². The Morgan fingerprint density at radius 3 is 2.56 bits per heavy atom. The van der Waals surface area contributed by atoms with E-state index in [4.69, 9.17) is 0 Å². The van der Waals surface area contributed by atoms with Crippen molar-refractivity contribution in [2.24, 2.45) is 0 Å². The monoisotopic (exact) mass is 359 g/mol. The van der Waals surface area contributed by atoms with E-state index in [1.807, 2.05) is 18.2 Å². The van der Waals surface area contributed by atoms with Crippen LogP contribution < -0.4 is 10.0 Å². The molecule has 0 spiro atoms. The molecule has 0 radical (unpaired) electrons. The molecular weight excluding hydrogens is 338 g/mol. The number of hydrogen-bond donors (Lipinski definition) is 2. The summed E-state index contributed by atoms with van der Waals surface area (Å²) in [6, 6.07) is 12.7. The second-order valence-electron chi connectivity index (χ2n) is 6.06. The van der Waals surface area contributed by atoms with Crippen molar-refractivity contribution in [3.05, 3.63) is 59.2 Å². The van der Waals surface area contributed by atoms with Crippen LogP contribution in [0.3, 0.4) is 0 Å². The van der Waals surface area contributed by atoms with Crippen LogP contribution in [0.2, 0.25) is 0 Å². The highest BCUT2D eigenvalue weighted by atomic mass is 32.2. The molecule has 7 heteroatoms. The maximum atomic E-state index is 12.5. The molecule has 2 N–H and O–H groups in total. The number of amides is 2. The van der Waals surface area contributed by atoms with Crippen molar-refractivity contribution in [2.75, 3.05) is 18.9 Å². The lowest BCUT2D eigenvalue weighted by Gasteiger charge is -2.29. The van der Waals surface area contributed by atoms with Crippen LogP contribution in [0.4, 0.5) is 10.5 Å². The van der Waals surface area contributed by atoms with Gasteiger partial charge in [0.2, 0.25) is 10.0 Å². The van der Waals surface area contributed by atoms with Crippen molar-refractivity contribution in [3.63, 3.8) is 0 Å². The zero-order valence-corrected chi connectivity index (χ0v) is 15.1. The van der Waals surface area contributed by atoms with Gasteiger partial charge < -0.3 is 10.2 Å². The van der Waals surface area contributed by atoms with E-state index < -0.39 is 10.0 Å². The molecule has 1 aliphatic rings. The molecule has 2 amide bonds. The summed E-state index contributed by atoms with van der Waals surface area (Å²) in [7, 11) is -2.20. The van der Waals surface area contributed by atoms with Crippen LogP contribution >= 0.6 is 0 Å². The second-order valence-corrected chi connectivity index (χ2v) is 7.91. The molecule has 0 atom stereocenters. The summed E-state index contributed by atoms with van der Waals surface area (Å²) in [5.41, 5.74) is 3.50. The molecular formula is C18H21N3O3S. The largest absolute Gasteiger partial charge is 0.322 e. The van der Waals surface area contributed by atoms with E-state index in [0.29, 0.717) is 24.3 Å². The number of sulfonamides is 1. The molecule has 1 heterocycles. The number of hydrogen-bond acceptors (Lipinski definition) is 3. The van der Waals surface area contributed by atoms with E-state index in [2.05, 4.69) is 16.1 Å². The topological polar surface area (TPSA) is 78.5 Å². The van der Waals surface area contributed by atoms with Gasteiger partial charge in [-0.15, -0.1) is 0 Å². The third kappa shape index (κ3) is 3.67. The van der Waals surface area contributed by atoms with Crippen LogP contribution in [0.5, 0.6) is 0 Å². The predicted molar refractivity (Wildman–Crippen MR) is 97.0 cm³/mol. The van der Waals surface area contributed by atoms with Crippen molar-refractivity contribution in [3.8, 4) is 0 Å². The average molecular weight is 359 g/mol. The molecule has 0 saturated carbocycles. The zero-order valence-electron chi connectivity index (χ0n) is 14.2. The van der Waals surface area contributed by atoms with Gasteiger partial charge in [0.15, 0.2) is 0 Å². The lowest BCUT2D eigenvalue weighted by Crippen LogP contribution is -2.38. The molecule has 6 nitrogen and oxygen atoms in total. The predicted octanol–water partition coefficient (Wildman–Crippen LogP) is 2.49. The first-order valence-corrected chi connectivity index (χ1v) is 9.56. The third-order valence-corrected chi connectivity index (χ3v) is 5.97. The van der Waals surface area contributed by atoms with E-state index >= 15 is 0 Å². The summed E-state index contributed by atoms with van der Waals surface area (Å²) in [5.74, 6) is 0. The van der Waals surface area contributed by atoms with Crippen LogP contribution in [0, 0.1) is 6.92 Å². The molecule has 0 aliphatic carbocycles. The SMILES string of the molecule is CNS(=O)(=O)c1cc(NC(=O)N2CCc3ccccc3C2)ccc1C. The van der Waals surface area contributed by atoms with Gasteiger partial charge in [0.25, 0.3) is 0 Å². The Bertz CT molecular complexity index is 910. The standard InChI is InChI=1S/C18H21N3O3S/c1-13-7-8-16(11-17(13)25(23,24)19-2)20-18(22)21-10-9-14-5-3-4-6-15(14)12-21/h3-8,11,19H,9-10,12H2,1-2H3,(H,20,22). The number of nitrogens with one attached hydrogen (secondary N) is 2. The van der Waals surface area contributed by atoms with Gasteiger partial charge in [-0.2, -0.15) is 0 Å². The van der Waals surface area contributed by atoms with Crippen LogP contribution in [0.1, 0.15) is 16.7 Å². The summed E-state index contributed by atoms with van der Waals surface area (Å²) in [6.07, 6.45) is 0.816. The number of anilines is 1. The first kappa shape index (κ1) is 17.4. The Balaban J connectivity index is 1.77. The van der Waals surface area contributed by atoms with Crippen molar-refractivity contribution >= 4 is 21.7 Å². The second kappa shape index (κ2) is 6.85. The number of aryl methyl sites for hydroxylation is 1. The molecule has 0 fully saturated rings. The first-order valence-electron chi connectivity index (χ1n) is 8.07. The van der Waals surface area contributed by atoms with Crippen LogP contribution in [-0.2, 0) is 23.0 Å². The number of fused-ring (bicyclic) bond motifs is 1. The van der Waals surface area contributed by atoms with Gasteiger partial charge in [0.1, 0.15) is 0 Å². The van der Waals surface area contributed by atoms with E-state index in [0.717, 1.165) is 12.0 Å². The highest BCUT2D eigenvalue weighted by Gasteiger charge is 2.21. The number of urea groups is 1. The molecule has 3 rings (SSSR count). The van der Waals surface area contributed by atoms with Gasteiger partial charge in [-0.3, -0.25) is 0 Å². The Kier molecular flexibility index (Phi) is 4.78. The fourth-order valence-corrected chi connectivity index (χ4v) is 3.94. The summed E-state index contributed by atoms with van der Waals surface area (Å²) in [6.45, 7) is 2.91. The van der Waals surface area contributed by atoms with Gasteiger partial charge in [-0.25, -0.2) is 17.9 Å². The molecule has 132 valence electrons. The first-order chi connectivity index (χ1) is 11.9. The van der Waals surface area contributed by atoms with Crippen molar-refractivity contribution in [1.29, 1.82) is 0 Å². The number of benzene rings is 2. The van der Waals surface area contributed by atoms with Crippen LogP contribution in [-0.4, -0.2) is 32.9 Å². The number of carbonyl (C=O) groups excluding carboxylic acids is 1. The normalized spacial score (nSPS) is 14.1. The number of nitrogens with zero attached hydrogens (tertiary/aromatic N) is 1. The van der Waals surface area contributed by atoms with Crippen molar-refractivity contribution in [2.45, 2.75) is 24.8 Å². The Morgan fingerprint density at radius 1 is 1.12 bits per heavy atom. The fourth-order valence-electron chi connectivity index (χ4n) is 2.95. The maximum Gasteiger partial charge on any atom is 0.322 e. The van der Waals surface area contributed by atoms with E-state index in [1.54, 1.807) is 24.0 Å². The molecule has 25 heavy (non-hydrogen) atoms. The molecule has 0 unspecified atom stereocenters.